The highest BCUT2D eigenvalue weighted by Crippen LogP contribution is 2.66. The minimum Gasteiger partial charge on any atom is -0.393 e. The van der Waals surface area contributed by atoms with Crippen LogP contribution in [0.2, 0.25) is 0 Å². The minimum absolute atomic E-state index is 0.00961. The van der Waals surface area contributed by atoms with E-state index in [2.05, 4.69) is 6.92 Å². The second-order valence-electron chi connectivity index (χ2n) is 9.12. The highest BCUT2D eigenvalue weighted by molar-refractivity contribution is 5.87. The predicted molar refractivity (Wildman–Crippen MR) is 92.3 cm³/mol. The van der Waals surface area contributed by atoms with Gasteiger partial charge in [-0.2, -0.15) is 0 Å². The van der Waals surface area contributed by atoms with Crippen molar-refractivity contribution >= 4 is 11.6 Å². The second kappa shape index (κ2) is 5.40. The van der Waals surface area contributed by atoms with E-state index in [1.54, 1.807) is 13.8 Å². The standard InChI is InChI=1S/C21H32O3/c1-12(22)16-6-7-17-15-5-4-13-10-14(23)8-9-20(13,2)19(15)18(24)11-21(16,17)3/h13-17,19,23H,4-11H2,1-3H3/t13-,14?,15-,16-,17-,19+,20-,21+/m0/s1/i8D2,10D2,14D. The molecule has 0 aromatic heterocycles. The Morgan fingerprint density at radius 1 is 1.25 bits per heavy atom. The van der Waals surface area contributed by atoms with E-state index in [0.717, 1.165) is 12.8 Å². The fourth-order valence-electron chi connectivity index (χ4n) is 6.94. The molecule has 0 amide bonds. The van der Waals surface area contributed by atoms with Crippen molar-refractivity contribution in [2.45, 2.75) is 78.1 Å². The Morgan fingerprint density at radius 2 is 2.00 bits per heavy atom. The molecule has 0 aliphatic heterocycles. The highest BCUT2D eigenvalue weighted by atomic mass is 16.3. The molecule has 0 heterocycles. The number of hydrogen-bond donors (Lipinski definition) is 1. The van der Waals surface area contributed by atoms with Crippen molar-refractivity contribution in [3.8, 4) is 0 Å². The SMILES string of the molecule is [2H]C1([2H])C[C@]2(C)[C@H]3C(=O)C[C@]4(C)[C@H](C(C)=O)CC[C@H]4[C@@H]3CC[C@H]2C([2H])([2H])C1([2H])O. The van der Waals surface area contributed by atoms with Crippen LogP contribution in [-0.4, -0.2) is 22.8 Å². The van der Waals surface area contributed by atoms with Crippen LogP contribution in [0.25, 0.3) is 0 Å². The number of carbonyl (C=O) groups excluding carboxylic acids is 2. The van der Waals surface area contributed by atoms with Crippen LogP contribution in [-0.2, 0) is 9.59 Å². The van der Waals surface area contributed by atoms with Crippen LogP contribution in [0.3, 0.4) is 0 Å². The Morgan fingerprint density at radius 3 is 2.71 bits per heavy atom. The van der Waals surface area contributed by atoms with Crippen molar-refractivity contribution in [3.63, 3.8) is 0 Å². The number of aliphatic hydroxyl groups is 1. The Kier molecular flexibility index (Phi) is 2.66. The number of hydrogen-bond acceptors (Lipinski definition) is 3. The Labute approximate surface area is 152 Å². The van der Waals surface area contributed by atoms with Gasteiger partial charge in [0.2, 0.25) is 0 Å². The monoisotopic (exact) mass is 337 g/mol. The number of Topliss-reactive ketones (excluding diaryl/α,β-unsaturated/α-hetero) is 2. The zero-order chi connectivity index (χ0) is 21.8. The number of rotatable bonds is 1. The lowest BCUT2D eigenvalue weighted by atomic mass is 9.44. The molecule has 1 N–H and O–H groups in total. The van der Waals surface area contributed by atoms with Gasteiger partial charge in [-0.25, -0.2) is 0 Å². The molecule has 0 saturated heterocycles. The van der Waals surface area contributed by atoms with Gasteiger partial charge in [0.25, 0.3) is 0 Å². The third-order valence-electron chi connectivity index (χ3n) is 7.99. The first-order valence-electron chi connectivity index (χ1n) is 11.9. The maximum absolute atomic E-state index is 13.5. The molecule has 0 aromatic carbocycles. The van der Waals surface area contributed by atoms with Crippen LogP contribution in [0.15, 0.2) is 0 Å². The van der Waals surface area contributed by atoms with Gasteiger partial charge in [-0.05, 0) is 80.4 Å². The van der Waals surface area contributed by atoms with Crippen LogP contribution in [0.4, 0.5) is 0 Å². The maximum atomic E-state index is 13.5. The summed E-state index contributed by atoms with van der Waals surface area (Å²) < 4.78 is 41.8. The van der Waals surface area contributed by atoms with Crippen molar-refractivity contribution in [1.82, 2.24) is 0 Å². The van der Waals surface area contributed by atoms with Crippen LogP contribution in [0, 0.1) is 40.4 Å². The lowest BCUT2D eigenvalue weighted by Gasteiger charge is -2.59. The summed E-state index contributed by atoms with van der Waals surface area (Å²) in [5.74, 6) is -1.000. The summed E-state index contributed by atoms with van der Waals surface area (Å²) in [5, 5.41) is 10.5. The lowest BCUT2D eigenvalue weighted by molar-refractivity contribution is -0.162. The molecule has 4 aliphatic rings. The van der Waals surface area contributed by atoms with Gasteiger partial charge < -0.3 is 5.11 Å². The fraction of sp³-hybridized carbons (Fsp3) is 0.905. The molecular formula is C21H32O3. The molecule has 8 atom stereocenters. The molecule has 0 radical (unpaired) electrons. The van der Waals surface area contributed by atoms with Crippen LogP contribution < -0.4 is 0 Å². The maximum Gasteiger partial charge on any atom is 0.137 e. The van der Waals surface area contributed by atoms with Crippen molar-refractivity contribution < 1.29 is 21.5 Å². The molecule has 0 bridgehead atoms. The Hall–Kier alpha value is -0.700. The first-order valence-corrected chi connectivity index (χ1v) is 9.37. The molecule has 0 spiro atoms. The van der Waals surface area contributed by atoms with Crippen molar-refractivity contribution in [3.05, 3.63) is 0 Å². The minimum atomic E-state index is -2.85. The van der Waals surface area contributed by atoms with E-state index in [4.69, 9.17) is 6.85 Å². The molecule has 3 heteroatoms. The topological polar surface area (TPSA) is 54.4 Å². The summed E-state index contributed by atoms with van der Waals surface area (Å²) >= 11 is 0. The molecule has 4 fully saturated rings. The van der Waals surface area contributed by atoms with Gasteiger partial charge in [-0.1, -0.05) is 13.8 Å². The van der Waals surface area contributed by atoms with E-state index in [9.17, 15) is 14.7 Å². The average Bonchev–Trinajstić information content (AvgIpc) is 2.89. The van der Waals surface area contributed by atoms with E-state index in [0.29, 0.717) is 12.8 Å². The van der Waals surface area contributed by atoms with E-state index >= 15 is 0 Å². The van der Waals surface area contributed by atoms with Gasteiger partial charge in [0.15, 0.2) is 0 Å². The number of fused-ring (bicyclic) bond motifs is 5. The van der Waals surface area contributed by atoms with Gasteiger partial charge in [0, 0.05) is 23.7 Å². The Balaban J connectivity index is 1.78. The summed E-state index contributed by atoms with van der Waals surface area (Å²) in [6.45, 7) is 5.46. The molecule has 24 heavy (non-hydrogen) atoms. The zero-order valence-electron chi connectivity index (χ0n) is 19.9. The van der Waals surface area contributed by atoms with E-state index in [1.165, 1.54) is 0 Å². The van der Waals surface area contributed by atoms with Gasteiger partial charge in [-0.3, -0.25) is 9.59 Å². The molecule has 4 saturated carbocycles. The van der Waals surface area contributed by atoms with Gasteiger partial charge >= 0.3 is 0 Å². The smallest absolute Gasteiger partial charge is 0.137 e. The van der Waals surface area contributed by atoms with E-state index in [-0.39, 0.29) is 47.6 Å². The van der Waals surface area contributed by atoms with Crippen molar-refractivity contribution in [1.29, 1.82) is 0 Å². The van der Waals surface area contributed by atoms with Crippen LogP contribution in [0.1, 0.15) is 78.9 Å². The molecular weight excluding hydrogens is 300 g/mol. The summed E-state index contributed by atoms with van der Waals surface area (Å²) in [7, 11) is 0. The van der Waals surface area contributed by atoms with E-state index < -0.39 is 36.1 Å². The highest BCUT2D eigenvalue weighted by Gasteiger charge is 2.63. The van der Waals surface area contributed by atoms with Gasteiger partial charge in [-0.15, -0.1) is 0 Å². The predicted octanol–water partition coefficient (Wildman–Crippen LogP) is 3.77. The average molecular weight is 338 g/mol. The quantitative estimate of drug-likeness (QED) is 0.792. The third-order valence-corrected chi connectivity index (χ3v) is 7.99. The fourth-order valence-corrected chi connectivity index (χ4v) is 6.94. The summed E-state index contributed by atoms with van der Waals surface area (Å²) in [4.78, 5) is 25.8. The molecule has 4 aliphatic carbocycles. The normalized spacial score (nSPS) is 64.2. The number of ketones is 2. The lowest BCUT2D eigenvalue weighted by Crippen LogP contribution is -2.58. The van der Waals surface area contributed by atoms with Crippen LogP contribution in [0.5, 0.6) is 0 Å². The first-order chi connectivity index (χ1) is 13.1. The Bertz CT molecular complexity index is 765. The molecule has 0 aromatic rings. The van der Waals surface area contributed by atoms with E-state index in [1.807, 2.05) is 0 Å². The van der Waals surface area contributed by atoms with Crippen LogP contribution >= 0.6 is 0 Å². The summed E-state index contributed by atoms with van der Waals surface area (Å²) in [5.41, 5.74) is -1.31. The summed E-state index contributed by atoms with van der Waals surface area (Å²) in [6.07, 6.45) is -4.98. The first kappa shape index (κ1) is 11.8. The molecule has 1 unspecified atom stereocenters. The molecule has 3 nitrogen and oxygen atoms in total. The van der Waals surface area contributed by atoms with Crippen molar-refractivity contribution in [2.24, 2.45) is 40.4 Å². The van der Waals surface area contributed by atoms with Crippen molar-refractivity contribution in [2.75, 3.05) is 0 Å². The largest absolute Gasteiger partial charge is 0.393 e. The summed E-state index contributed by atoms with van der Waals surface area (Å²) in [6, 6.07) is 0. The molecule has 4 rings (SSSR count). The third kappa shape index (κ3) is 2.12. The van der Waals surface area contributed by atoms with Gasteiger partial charge in [0.05, 0.1) is 7.45 Å². The number of carbonyl (C=O) groups is 2. The molecule has 134 valence electrons. The van der Waals surface area contributed by atoms with Gasteiger partial charge in [0.1, 0.15) is 11.6 Å². The second-order valence-corrected chi connectivity index (χ2v) is 9.12. The zero-order valence-corrected chi connectivity index (χ0v) is 14.9.